The van der Waals surface area contributed by atoms with Crippen LogP contribution in [-0.4, -0.2) is 11.7 Å². The van der Waals surface area contributed by atoms with Crippen LogP contribution in [0.15, 0.2) is 46.9 Å². The standard InChI is InChI=1S/C15H13BrF2N2OS/c1-9-8-12(21-14(17)18)6-7-13(9)20-15(22)19-11-4-2-10(16)3-5-11/h2-8,14H,1H3,(H2,19,20,22). The van der Waals surface area contributed by atoms with Gasteiger partial charge in [-0.25, -0.2) is 0 Å². The fourth-order valence-corrected chi connectivity index (χ4v) is 2.26. The van der Waals surface area contributed by atoms with Crippen molar-refractivity contribution in [2.75, 3.05) is 10.6 Å². The van der Waals surface area contributed by atoms with Gasteiger partial charge < -0.3 is 15.4 Å². The average molecular weight is 387 g/mol. The number of rotatable bonds is 4. The predicted molar refractivity (Wildman–Crippen MR) is 91.8 cm³/mol. The number of nitrogens with one attached hydrogen (secondary N) is 2. The van der Waals surface area contributed by atoms with Crippen molar-refractivity contribution in [3.63, 3.8) is 0 Å². The Labute approximate surface area is 140 Å². The highest BCUT2D eigenvalue weighted by molar-refractivity contribution is 9.10. The maximum Gasteiger partial charge on any atom is 0.387 e. The van der Waals surface area contributed by atoms with Crippen LogP contribution in [-0.2, 0) is 0 Å². The number of hydrogen-bond donors (Lipinski definition) is 2. The van der Waals surface area contributed by atoms with Crippen LogP contribution in [0.25, 0.3) is 0 Å². The van der Waals surface area contributed by atoms with Gasteiger partial charge in [-0.1, -0.05) is 15.9 Å². The van der Waals surface area contributed by atoms with Gasteiger partial charge in [-0.05, 0) is 67.2 Å². The second-order valence-corrected chi connectivity index (χ2v) is 5.77. The lowest BCUT2D eigenvalue weighted by atomic mass is 10.2. The molecule has 0 heterocycles. The number of halogens is 3. The molecule has 22 heavy (non-hydrogen) atoms. The highest BCUT2D eigenvalue weighted by atomic mass is 79.9. The molecule has 0 aromatic heterocycles. The third-order valence-electron chi connectivity index (χ3n) is 2.77. The van der Waals surface area contributed by atoms with E-state index in [0.717, 1.165) is 21.4 Å². The third kappa shape index (κ3) is 4.92. The van der Waals surface area contributed by atoms with Gasteiger partial charge in [-0.3, -0.25) is 0 Å². The van der Waals surface area contributed by atoms with Gasteiger partial charge >= 0.3 is 6.61 Å². The van der Waals surface area contributed by atoms with Gasteiger partial charge in [0.1, 0.15) is 5.75 Å². The second kappa shape index (κ2) is 7.51. The van der Waals surface area contributed by atoms with Gasteiger partial charge in [0.2, 0.25) is 0 Å². The van der Waals surface area contributed by atoms with Crippen LogP contribution in [0.2, 0.25) is 0 Å². The molecule has 0 aliphatic heterocycles. The molecule has 0 saturated carbocycles. The van der Waals surface area contributed by atoms with Crippen LogP contribution in [0.1, 0.15) is 5.56 Å². The number of benzene rings is 2. The molecule has 0 fully saturated rings. The summed E-state index contributed by atoms with van der Waals surface area (Å²) in [5, 5.41) is 6.47. The zero-order chi connectivity index (χ0) is 16.1. The number of ether oxygens (including phenoxy) is 1. The molecule has 2 aromatic carbocycles. The van der Waals surface area contributed by atoms with E-state index in [1.807, 2.05) is 24.3 Å². The van der Waals surface area contributed by atoms with E-state index in [1.165, 1.54) is 12.1 Å². The first-order chi connectivity index (χ1) is 10.4. The summed E-state index contributed by atoms with van der Waals surface area (Å²) in [6.45, 7) is -1.05. The van der Waals surface area contributed by atoms with Crippen LogP contribution in [0.3, 0.4) is 0 Å². The molecule has 0 atom stereocenters. The molecule has 0 aliphatic carbocycles. The molecule has 0 bridgehead atoms. The van der Waals surface area contributed by atoms with Gasteiger partial charge in [0.25, 0.3) is 0 Å². The van der Waals surface area contributed by atoms with Crippen molar-refractivity contribution in [1.82, 2.24) is 0 Å². The molecule has 0 spiro atoms. The van der Waals surface area contributed by atoms with E-state index in [-0.39, 0.29) is 5.75 Å². The SMILES string of the molecule is Cc1cc(OC(F)F)ccc1NC(=S)Nc1ccc(Br)cc1. The summed E-state index contributed by atoms with van der Waals surface area (Å²) in [5.41, 5.74) is 2.31. The van der Waals surface area contributed by atoms with Gasteiger partial charge in [0.05, 0.1) is 0 Å². The molecule has 2 aromatic rings. The summed E-state index contributed by atoms with van der Waals surface area (Å²) in [5.74, 6) is 0.116. The number of aryl methyl sites for hydroxylation is 1. The first kappa shape index (κ1) is 16.6. The van der Waals surface area contributed by atoms with Crippen molar-refractivity contribution in [3.05, 3.63) is 52.5 Å². The molecule has 0 aliphatic rings. The van der Waals surface area contributed by atoms with Crippen LogP contribution in [0.5, 0.6) is 5.75 Å². The highest BCUT2D eigenvalue weighted by Crippen LogP contribution is 2.23. The van der Waals surface area contributed by atoms with E-state index in [1.54, 1.807) is 13.0 Å². The van der Waals surface area contributed by atoms with Gasteiger partial charge in [-0.15, -0.1) is 0 Å². The predicted octanol–water partition coefficient (Wildman–Crippen LogP) is 5.17. The molecule has 0 amide bonds. The average Bonchev–Trinajstić information content (AvgIpc) is 2.44. The van der Waals surface area contributed by atoms with Gasteiger partial charge in [0, 0.05) is 15.8 Å². The Morgan fingerprint density at radius 3 is 2.41 bits per heavy atom. The maximum absolute atomic E-state index is 12.2. The minimum absolute atomic E-state index is 0.116. The maximum atomic E-state index is 12.2. The minimum atomic E-state index is -2.83. The lowest BCUT2D eigenvalue weighted by molar-refractivity contribution is -0.0498. The minimum Gasteiger partial charge on any atom is -0.435 e. The third-order valence-corrected chi connectivity index (χ3v) is 3.51. The van der Waals surface area contributed by atoms with Crippen molar-refractivity contribution in [2.45, 2.75) is 13.5 Å². The molecule has 0 saturated heterocycles. The number of anilines is 2. The fourth-order valence-electron chi connectivity index (χ4n) is 1.77. The summed E-state index contributed by atoms with van der Waals surface area (Å²) >= 11 is 8.59. The van der Waals surface area contributed by atoms with Crippen molar-refractivity contribution in [2.24, 2.45) is 0 Å². The summed E-state index contributed by atoms with van der Waals surface area (Å²) in [6.07, 6.45) is 0. The van der Waals surface area contributed by atoms with E-state index in [0.29, 0.717) is 5.11 Å². The largest absolute Gasteiger partial charge is 0.435 e. The number of thiocarbonyl (C=S) groups is 1. The number of alkyl halides is 2. The molecule has 2 rings (SSSR count). The Hall–Kier alpha value is -1.73. The smallest absolute Gasteiger partial charge is 0.387 e. The topological polar surface area (TPSA) is 33.3 Å². The monoisotopic (exact) mass is 386 g/mol. The molecule has 7 heteroatoms. The van der Waals surface area contributed by atoms with Crippen LogP contribution in [0, 0.1) is 6.92 Å². The molecule has 0 radical (unpaired) electrons. The molecule has 2 N–H and O–H groups in total. The Balaban J connectivity index is 2.00. The first-order valence-electron chi connectivity index (χ1n) is 6.33. The fraction of sp³-hybridized carbons (Fsp3) is 0.133. The first-order valence-corrected chi connectivity index (χ1v) is 7.53. The molecule has 3 nitrogen and oxygen atoms in total. The van der Waals surface area contributed by atoms with E-state index in [4.69, 9.17) is 12.2 Å². The quantitative estimate of drug-likeness (QED) is 0.710. The summed E-state index contributed by atoms with van der Waals surface area (Å²) in [7, 11) is 0. The molecule has 116 valence electrons. The summed E-state index contributed by atoms with van der Waals surface area (Å²) in [6, 6.07) is 12.2. The van der Waals surface area contributed by atoms with Crippen molar-refractivity contribution >= 4 is 44.6 Å². The van der Waals surface area contributed by atoms with Crippen molar-refractivity contribution in [3.8, 4) is 5.75 Å². The Bertz CT molecular complexity index is 665. The Morgan fingerprint density at radius 2 is 1.82 bits per heavy atom. The molecular formula is C15H13BrF2N2OS. The van der Waals surface area contributed by atoms with Crippen molar-refractivity contribution in [1.29, 1.82) is 0 Å². The Kier molecular flexibility index (Phi) is 5.68. The Morgan fingerprint density at radius 1 is 1.14 bits per heavy atom. The highest BCUT2D eigenvalue weighted by Gasteiger charge is 2.07. The van der Waals surface area contributed by atoms with E-state index in [2.05, 4.69) is 31.3 Å². The normalized spacial score (nSPS) is 10.4. The van der Waals surface area contributed by atoms with Crippen molar-refractivity contribution < 1.29 is 13.5 Å². The van der Waals surface area contributed by atoms with Crippen LogP contribution < -0.4 is 15.4 Å². The van der Waals surface area contributed by atoms with Crippen LogP contribution in [0.4, 0.5) is 20.2 Å². The molecule has 0 unspecified atom stereocenters. The second-order valence-electron chi connectivity index (χ2n) is 4.44. The van der Waals surface area contributed by atoms with Gasteiger partial charge in [0.15, 0.2) is 5.11 Å². The van der Waals surface area contributed by atoms with E-state index >= 15 is 0 Å². The number of hydrogen-bond acceptors (Lipinski definition) is 2. The van der Waals surface area contributed by atoms with Crippen LogP contribution >= 0.6 is 28.1 Å². The zero-order valence-corrected chi connectivity index (χ0v) is 14.0. The molecular weight excluding hydrogens is 374 g/mol. The van der Waals surface area contributed by atoms with E-state index < -0.39 is 6.61 Å². The summed E-state index contributed by atoms with van der Waals surface area (Å²) < 4.78 is 29.6. The lowest BCUT2D eigenvalue weighted by Gasteiger charge is -2.14. The van der Waals surface area contributed by atoms with Gasteiger partial charge in [-0.2, -0.15) is 8.78 Å². The lowest BCUT2D eigenvalue weighted by Crippen LogP contribution is -2.19. The summed E-state index contributed by atoms with van der Waals surface area (Å²) in [4.78, 5) is 0. The van der Waals surface area contributed by atoms with E-state index in [9.17, 15) is 8.78 Å². The zero-order valence-electron chi connectivity index (χ0n) is 11.6.